The molecule has 2 atom stereocenters. The van der Waals surface area contributed by atoms with Crippen LogP contribution in [0.2, 0.25) is 5.02 Å². The van der Waals surface area contributed by atoms with Crippen molar-refractivity contribution in [3.8, 4) is 0 Å². The van der Waals surface area contributed by atoms with Crippen molar-refractivity contribution in [3.63, 3.8) is 0 Å². The lowest BCUT2D eigenvalue weighted by molar-refractivity contribution is 0.0388. The predicted molar refractivity (Wildman–Crippen MR) is 109 cm³/mol. The van der Waals surface area contributed by atoms with Gasteiger partial charge in [0, 0.05) is 17.8 Å². The van der Waals surface area contributed by atoms with E-state index in [-0.39, 0.29) is 23.0 Å². The number of nitrogens with zero attached hydrogens (tertiary/aromatic N) is 3. The molecule has 2 bridgehead atoms. The lowest BCUT2D eigenvalue weighted by Crippen LogP contribution is -2.50. The van der Waals surface area contributed by atoms with E-state index in [1.807, 2.05) is 4.90 Å². The lowest BCUT2D eigenvalue weighted by atomic mass is 9.81. The van der Waals surface area contributed by atoms with E-state index in [0.29, 0.717) is 29.2 Å². The highest BCUT2D eigenvalue weighted by molar-refractivity contribution is 6.33. The minimum Gasteiger partial charge on any atom is -0.397 e. The van der Waals surface area contributed by atoms with Crippen LogP contribution in [0.4, 0.5) is 4.39 Å². The molecule has 1 saturated heterocycles. The van der Waals surface area contributed by atoms with Crippen molar-refractivity contribution in [2.75, 3.05) is 0 Å². The van der Waals surface area contributed by atoms with Gasteiger partial charge >= 0.3 is 0 Å². The Kier molecular flexibility index (Phi) is 5.08. The Balaban J connectivity index is 1.81. The third-order valence-corrected chi connectivity index (χ3v) is 5.90. The quantitative estimate of drug-likeness (QED) is 0.747. The highest BCUT2D eigenvalue weighted by Gasteiger charge is 2.43. The number of allylic oxidation sites excluding steroid dienone is 1. The number of carbonyl (C=O) groups excluding carboxylic acids is 1. The van der Waals surface area contributed by atoms with Crippen LogP contribution >= 0.6 is 11.6 Å². The number of nitrogens with two attached hydrogens (primary N) is 1. The van der Waals surface area contributed by atoms with Gasteiger partial charge in [0.2, 0.25) is 0 Å². The fraction of sp³-hybridized carbons (Fsp3) is 0.333. The average Bonchev–Trinajstić information content (AvgIpc) is 2.67. The van der Waals surface area contributed by atoms with Gasteiger partial charge in [-0.3, -0.25) is 4.79 Å². The highest BCUT2D eigenvalue weighted by atomic mass is 35.5. The van der Waals surface area contributed by atoms with Crippen molar-refractivity contribution in [1.82, 2.24) is 14.9 Å². The number of rotatable bonds is 3. The van der Waals surface area contributed by atoms with Gasteiger partial charge in [0.05, 0.1) is 33.7 Å². The Hall–Kier alpha value is -2.80. The second-order valence-corrected chi connectivity index (χ2v) is 7.82. The molecule has 29 heavy (non-hydrogen) atoms. The van der Waals surface area contributed by atoms with E-state index in [0.717, 1.165) is 42.8 Å². The second-order valence-electron chi connectivity index (χ2n) is 7.41. The third kappa shape index (κ3) is 3.40. The van der Waals surface area contributed by atoms with Crippen molar-refractivity contribution in [2.45, 2.75) is 44.7 Å². The first-order chi connectivity index (χ1) is 13.9. The molecule has 1 aromatic heterocycles. The molecule has 150 valence electrons. The molecule has 0 radical (unpaired) electrons. The Morgan fingerprint density at radius 2 is 2.17 bits per heavy atom. The van der Waals surface area contributed by atoms with Crippen molar-refractivity contribution >= 4 is 29.4 Å². The summed E-state index contributed by atoms with van der Waals surface area (Å²) in [5.74, 6) is -0.121. The molecule has 2 aliphatic rings. The van der Waals surface area contributed by atoms with Gasteiger partial charge in [-0.25, -0.2) is 14.4 Å². The van der Waals surface area contributed by atoms with Gasteiger partial charge in [-0.15, -0.1) is 0 Å². The van der Waals surface area contributed by atoms with E-state index >= 15 is 0 Å². The van der Waals surface area contributed by atoms with E-state index in [4.69, 9.17) is 22.7 Å². The van der Waals surface area contributed by atoms with Crippen molar-refractivity contribution < 1.29 is 9.18 Å². The van der Waals surface area contributed by atoms with Crippen LogP contribution in [0, 0.1) is 18.2 Å². The van der Waals surface area contributed by atoms with Crippen LogP contribution in [0.15, 0.2) is 24.3 Å². The zero-order chi connectivity index (χ0) is 20.7. The molecule has 0 saturated carbocycles. The molecule has 1 aromatic carbocycles. The Bertz CT molecular complexity index is 1040. The maximum atomic E-state index is 13.4. The molecule has 3 heterocycles. The predicted octanol–water partition coefficient (Wildman–Crippen LogP) is 3.82. The summed E-state index contributed by atoms with van der Waals surface area (Å²) in [6.45, 7) is 1.79. The van der Waals surface area contributed by atoms with Gasteiger partial charge in [-0.1, -0.05) is 11.6 Å². The molecule has 2 aliphatic heterocycles. The van der Waals surface area contributed by atoms with E-state index in [2.05, 4.69) is 9.97 Å². The molecule has 6 nitrogen and oxygen atoms in total. The number of fused-ring (bicyclic) bond motifs is 4. The lowest BCUT2D eigenvalue weighted by Gasteiger charge is -2.46. The molecule has 0 unspecified atom stereocenters. The maximum Gasteiger partial charge on any atom is 0.256 e. The molecule has 8 heteroatoms. The highest BCUT2D eigenvalue weighted by Crippen LogP contribution is 2.43. The number of aryl methyl sites for hydroxylation is 1. The third-order valence-electron chi connectivity index (χ3n) is 5.58. The molecule has 1 amide bonds. The minimum absolute atomic E-state index is 0.0345. The molecule has 0 spiro atoms. The summed E-state index contributed by atoms with van der Waals surface area (Å²) in [5.41, 5.74) is 9.25. The fourth-order valence-corrected chi connectivity index (χ4v) is 4.64. The van der Waals surface area contributed by atoms with Crippen LogP contribution in [0.1, 0.15) is 58.4 Å². The smallest absolute Gasteiger partial charge is 0.256 e. The van der Waals surface area contributed by atoms with Crippen LogP contribution in [-0.4, -0.2) is 33.0 Å². The minimum atomic E-state index is -0.475. The van der Waals surface area contributed by atoms with Gasteiger partial charge in [0.25, 0.3) is 5.91 Å². The number of hydrogen-bond acceptors (Lipinski definition) is 5. The molecule has 4 rings (SSSR count). The fourth-order valence-electron chi connectivity index (χ4n) is 4.40. The summed E-state index contributed by atoms with van der Waals surface area (Å²) in [6.07, 6.45) is 5.83. The van der Waals surface area contributed by atoms with Crippen molar-refractivity contribution in [3.05, 3.63) is 63.5 Å². The number of nitrogens with one attached hydrogen (secondary N) is 1. The Labute approximate surface area is 173 Å². The maximum absolute atomic E-state index is 13.4. The van der Waals surface area contributed by atoms with Gasteiger partial charge in [0.15, 0.2) is 0 Å². The number of halogens is 2. The molecular formula is C21H21ClFN5O. The number of piperidine rings is 1. The number of carbonyl (C=O) groups is 1. The number of hydrogen-bond donors (Lipinski definition) is 2. The largest absolute Gasteiger partial charge is 0.397 e. The zero-order valence-corrected chi connectivity index (χ0v) is 16.7. The normalized spacial score (nSPS) is 20.9. The van der Waals surface area contributed by atoms with Crippen LogP contribution in [-0.2, 0) is 6.42 Å². The summed E-state index contributed by atoms with van der Waals surface area (Å²) >= 11 is 6.17. The molecule has 2 aromatic rings. The number of benzene rings is 1. The van der Waals surface area contributed by atoms with Gasteiger partial charge in [-0.2, -0.15) is 0 Å². The van der Waals surface area contributed by atoms with E-state index in [1.165, 1.54) is 18.2 Å². The first-order valence-electron chi connectivity index (χ1n) is 9.52. The van der Waals surface area contributed by atoms with Crippen LogP contribution < -0.4 is 5.73 Å². The van der Waals surface area contributed by atoms with Gasteiger partial charge < -0.3 is 16.0 Å². The molecule has 0 aliphatic carbocycles. The summed E-state index contributed by atoms with van der Waals surface area (Å²) in [7, 11) is 0. The standard InChI is InChI=1S/C21H21ClFN5O/c1-11-26-19(17(25)7-8-24)15-10-13-3-2-4-18(20(15)27-11)28(13)21(29)14-6-5-12(23)9-16(14)22/h5-9,13,18,24H,2-4,10,25H2,1H3/b17-7-,24-8?/t13-,18+/m1/s1. The Morgan fingerprint density at radius 3 is 2.90 bits per heavy atom. The van der Waals surface area contributed by atoms with E-state index < -0.39 is 5.82 Å². The average molecular weight is 414 g/mol. The van der Waals surface area contributed by atoms with E-state index in [1.54, 1.807) is 6.92 Å². The topological polar surface area (TPSA) is 96.0 Å². The van der Waals surface area contributed by atoms with Crippen LogP contribution in [0.3, 0.4) is 0 Å². The first-order valence-corrected chi connectivity index (χ1v) is 9.90. The second kappa shape index (κ2) is 7.55. The van der Waals surface area contributed by atoms with E-state index in [9.17, 15) is 9.18 Å². The van der Waals surface area contributed by atoms with Crippen LogP contribution in [0.25, 0.3) is 5.70 Å². The van der Waals surface area contributed by atoms with Gasteiger partial charge in [0.1, 0.15) is 11.6 Å². The van der Waals surface area contributed by atoms with Crippen molar-refractivity contribution in [2.24, 2.45) is 5.73 Å². The molecule has 1 fully saturated rings. The first kappa shape index (κ1) is 19.5. The number of amides is 1. The molecular weight excluding hydrogens is 393 g/mol. The van der Waals surface area contributed by atoms with Gasteiger partial charge in [-0.05, 0) is 56.9 Å². The van der Waals surface area contributed by atoms with Crippen LogP contribution in [0.5, 0.6) is 0 Å². The zero-order valence-electron chi connectivity index (χ0n) is 16.0. The SMILES string of the molecule is Cc1nc(/C(N)=C/C=N)c2c(n1)[C@@H]1CCC[C@H](C2)N1C(=O)c1ccc(F)cc1Cl. The summed E-state index contributed by atoms with van der Waals surface area (Å²) in [4.78, 5) is 24.4. The number of aromatic nitrogens is 2. The molecule has 3 N–H and O–H groups in total. The summed E-state index contributed by atoms with van der Waals surface area (Å²) in [6, 6.07) is 3.61. The van der Waals surface area contributed by atoms with Crippen molar-refractivity contribution in [1.29, 1.82) is 5.41 Å². The summed E-state index contributed by atoms with van der Waals surface area (Å²) in [5, 5.41) is 7.41. The monoisotopic (exact) mass is 413 g/mol. The summed E-state index contributed by atoms with van der Waals surface area (Å²) < 4.78 is 13.4. The Morgan fingerprint density at radius 1 is 1.38 bits per heavy atom.